The Morgan fingerprint density at radius 2 is 1.56 bits per heavy atom. The molecule has 5 heteroatoms. The summed E-state index contributed by atoms with van der Waals surface area (Å²) in [6.45, 7) is 4.12. The summed E-state index contributed by atoms with van der Waals surface area (Å²) in [6.07, 6.45) is 1.00. The Hall–Kier alpha value is -3.21. The van der Waals surface area contributed by atoms with Crippen LogP contribution in [0, 0.1) is 6.92 Å². The summed E-state index contributed by atoms with van der Waals surface area (Å²) in [4.78, 5) is 12.2. The largest absolute Gasteiger partial charge is 0.339 e. The van der Waals surface area contributed by atoms with E-state index in [9.17, 15) is 4.79 Å². The van der Waals surface area contributed by atoms with Gasteiger partial charge in [0, 0.05) is 11.4 Å². The highest BCUT2D eigenvalue weighted by Crippen LogP contribution is 2.16. The van der Waals surface area contributed by atoms with Crippen molar-refractivity contribution in [1.82, 2.24) is 10.2 Å². The lowest BCUT2D eigenvalue weighted by Gasteiger charge is -2.07. The monoisotopic (exact) mass is 332 g/mol. The van der Waals surface area contributed by atoms with Crippen LogP contribution in [0.5, 0.6) is 0 Å². The minimum absolute atomic E-state index is 0.271. The molecule has 0 aliphatic rings. The van der Waals surface area contributed by atoms with E-state index in [1.165, 1.54) is 5.56 Å². The first-order valence-electron chi connectivity index (χ1n) is 8.22. The van der Waals surface area contributed by atoms with Gasteiger partial charge >= 0.3 is 0 Å². The van der Waals surface area contributed by atoms with E-state index in [0.717, 1.165) is 23.4 Å². The molecular weight excluding hydrogens is 312 g/mol. The highest BCUT2D eigenvalue weighted by molar-refractivity contribution is 6.02. The SMILES string of the molecule is CCc1ccc(Nc2ccc(C(=O)Nc3ccc(C)cc3)nn2)cc1. The van der Waals surface area contributed by atoms with Crippen molar-refractivity contribution in [1.29, 1.82) is 0 Å². The van der Waals surface area contributed by atoms with Crippen molar-refractivity contribution in [3.63, 3.8) is 0 Å². The average molecular weight is 332 g/mol. The number of nitrogens with one attached hydrogen (secondary N) is 2. The number of amides is 1. The molecule has 2 N–H and O–H groups in total. The van der Waals surface area contributed by atoms with Gasteiger partial charge in [-0.25, -0.2) is 0 Å². The van der Waals surface area contributed by atoms with Crippen LogP contribution in [0.4, 0.5) is 17.2 Å². The minimum atomic E-state index is -0.282. The van der Waals surface area contributed by atoms with E-state index in [1.807, 2.05) is 43.3 Å². The number of hydrogen-bond donors (Lipinski definition) is 2. The molecule has 0 aliphatic heterocycles. The lowest BCUT2D eigenvalue weighted by atomic mass is 10.1. The van der Waals surface area contributed by atoms with Gasteiger partial charge in [-0.1, -0.05) is 36.8 Å². The minimum Gasteiger partial charge on any atom is -0.339 e. The second-order valence-electron chi connectivity index (χ2n) is 5.80. The van der Waals surface area contributed by atoms with Gasteiger partial charge in [-0.05, 0) is 55.3 Å². The Kier molecular flexibility index (Phi) is 5.04. The van der Waals surface area contributed by atoms with E-state index < -0.39 is 0 Å². The number of carbonyl (C=O) groups is 1. The number of aryl methyl sites for hydroxylation is 2. The van der Waals surface area contributed by atoms with Gasteiger partial charge in [0.1, 0.15) is 0 Å². The van der Waals surface area contributed by atoms with Gasteiger partial charge in [0.15, 0.2) is 11.5 Å². The van der Waals surface area contributed by atoms with Gasteiger partial charge in [-0.3, -0.25) is 4.79 Å². The maximum atomic E-state index is 12.2. The van der Waals surface area contributed by atoms with Crippen LogP contribution in [0.1, 0.15) is 28.5 Å². The number of hydrogen-bond acceptors (Lipinski definition) is 4. The zero-order chi connectivity index (χ0) is 17.6. The molecule has 0 aliphatic carbocycles. The van der Waals surface area contributed by atoms with Gasteiger partial charge in [-0.2, -0.15) is 0 Å². The van der Waals surface area contributed by atoms with Gasteiger partial charge in [0.05, 0.1) is 0 Å². The molecular formula is C20H20N4O. The molecule has 0 atom stereocenters. The molecule has 2 aromatic carbocycles. The summed E-state index contributed by atoms with van der Waals surface area (Å²) >= 11 is 0. The lowest BCUT2D eigenvalue weighted by molar-refractivity contribution is 0.102. The van der Waals surface area contributed by atoms with Crippen molar-refractivity contribution in [2.75, 3.05) is 10.6 Å². The fraction of sp³-hybridized carbons (Fsp3) is 0.150. The third-order valence-electron chi connectivity index (χ3n) is 3.84. The van der Waals surface area contributed by atoms with Crippen molar-refractivity contribution in [3.05, 3.63) is 77.5 Å². The van der Waals surface area contributed by atoms with Crippen molar-refractivity contribution in [2.45, 2.75) is 20.3 Å². The molecule has 25 heavy (non-hydrogen) atoms. The summed E-state index contributed by atoms with van der Waals surface area (Å²) in [5, 5.41) is 14.0. The Bertz CT molecular complexity index is 840. The van der Waals surface area contributed by atoms with E-state index in [4.69, 9.17) is 0 Å². The highest BCUT2D eigenvalue weighted by Gasteiger charge is 2.08. The summed E-state index contributed by atoms with van der Waals surface area (Å²) < 4.78 is 0. The van der Waals surface area contributed by atoms with Gasteiger partial charge in [-0.15, -0.1) is 10.2 Å². The van der Waals surface area contributed by atoms with Crippen molar-refractivity contribution >= 4 is 23.1 Å². The molecule has 3 aromatic rings. The van der Waals surface area contributed by atoms with Crippen molar-refractivity contribution in [2.24, 2.45) is 0 Å². The van der Waals surface area contributed by atoms with E-state index in [-0.39, 0.29) is 11.6 Å². The van der Waals surface area contributed by atoms with Crippen LogP contribution >= 0.6 is 0 Å². The van der Waals surface area contributed by atoms with Crippen LogP contribution in [0.15, 0.2) is 60.7 Å². The van der Waals surface area contributed by atoms with Crippen LogP contribution in [0.25, 0.3) is 0 Å². The van der Waals surface area contributed by atoms with Crippen molar-refractivity contribution < 1.29 is 4.79 Å². The topological polar surface area (TPSA) is 66.9 Å². The predicted octanol–water partition coefficient (Wildman–Crippen LogP) is 4.34. The number of benzene rings is 2. The first-order chi connectivity index (χ1) is 12.1. The van der Waals surface area contributed by atoms with Crippen LogP contribution in [-0.4, -0.2) is 16.1 Å². The van der Waals surface area contributed by atoms with Gasteiger partial charge < -0.3 is 10.6 Å². The summed E-state index contributed by atoms with van der Waals surface area (Å²) in [6, 6.07) is 19.1. The van der Waals surface area contributed by atoms with E-state index in [0.29, 0.717) is 5.82 Å². The Balaban J connectivity index is 1.64. The molecule has 0 saturated heterocycles. The smallest absolute Gasteiger partial charge is 0.276 e. The predicted molar refractivity (Wildman–Crippen MR) is 100 cm³/mol. The van der Waals surface area contributed by atoms with E-state index >= 15 is 0 Å². The van der Waals surface area contributed by atoms with E-state index in [1.54, 1.807) is 12.1 Å². The molecule has 0 bridgehead atoms. The maximum absolute atomic E-state index is 12.2. The molecule has 0 spiro atoms. The van der Waals surface area contributed by atoms with Gasteiger partial charge in [0.25, 0.3) is 5.91 Å². The maximum Gasteiger partial charge on any atom is 0.276 e. The van der Waals surface area contributed by atoms with Crippen LogP contribution in [-0.2, 0) is 6.42 Å². The molecule has 0 saturated carbocycles. The number of rotatable bonds is 5. The van der Waals surface area contributed by atoms with Crippen molar-refractivity contribution in [3.8, 4) is 0 Å². The fourth-order valence-corrected chi connectivity index (χ4v) is 2.32. The summed E-state index contributed by atoms with van der Waals surface area (Å²) in [7, 11) is 0. The third kappa shape index (κ3) is 4.41. The highest BCUT2D eigenvalue weighted by atomic mass is 16.1. The molecule has 1 heterocycles. The number of nitrogens with zero attached hydrogens (tertiary/aromatic N) is 2. The first kappa shape index (κ1) is 16.6. The zero-order valence-corrected chi connectivity index (χ0v) is 14.3. The zero-order valence-electron chi connectivity index (χ0n) is 14.3. The van der Waals surface area contributed by atoms with Crippen LogP contribution < -0.4 is 10.6 Å². The van der Waals surface area contributed by atoms with Crippen LogP contribution in [0.3, 0.4) is 0 Å². The number of anilines is 3. The lowest BCUT2D eigenvalue weighted by Crippen LogP contribution is -2.14. The second kappa shape index (κ2) is 7.57. The molecule has 1 amide bonds. The first-order valence-corrected chi connectivity index (χ1v) is 8.22. The molecule has 5 nitrogen and oxygen atoms in total. The average Bonchev–Trinajstić information content (AvgIpc) is 2.65. The molecule has 126 valence electrons. The standard InChI is InChI=1S/C20H20N4O/c1-3-15-6-10-16(11-7-15)21-19-13-12-18(23-24-19)20(25)22-17-8-4-14(2)5-9-17/h4-13H,3H2,1-2H3,(H,21,24)(H,22,25). The molecule has 0 fully saturated rings. The molecule has 3 rings (SSSR count). The number of carbonyl (C=O) groups excluding carboxylic acids is 1. The Morgan fingerprint density at radius 3 is 2.16 bits per heavy atom. The second-order valence-corrected chi connectivity index (χ2v) is 5.80. The molecule has 0 unspecified atom stereocenters. The Morgan fingerprint density at radius 1 is 0.880 bits per heavy atom. The van der Waals surface area contributed by atoms with Crippen LogP contribution in [0.2, 0.25) is 0 Å². The molecule has 0 radical (unpaired) electrons. The third-order valence-corrected chi connectivity index (χ3v) is 3.84. The summed E-state index contributed by atoms with van der Waals surface area (Å²) in [5.74, 6) is 0.311. The molecule has 1 aromatic heterocycles. The van der Waals surface area contributed by atoms with E-state index in [2.05, 4.69) is 39.9 Å². The fourth-order valence-electron chi connectivity index (χ4n) is 2.32. The normalized spacial score (nSPS) is 10.3. The quantitative estimate of drug-likeness (QED) is 0.729. The Labute approximate surface area is 147 Å². The van der Waals surface area contributed by atoms with Gasteiger partial charge in [0.2, 0.25) is 0 Å². The number of aromatic nitrogens is 2. The summed E-state index contributed by atoms with van der Waals surface area (Å²) in [5.41, 5.74) is 4.35.